The average Bonchev–Trinajstić information content (AvgIpc) is 2.63. The Hall–Kier alpha value is -0.630. The Morgan fingerprint density at radius 2 is 2.05 bits per heavy atom. The van der Waals surface area contributed by atoms with Crippen LogP contribution in [-0.4, -0.2) is 8.42 Å². The van der Waals surface area contributed by atoms with Crippen LogP contribution in [0.4, 0.5) is 10.1 Å². The van der Waals surface area contributed by atoms with E-state index in [2.05, 4.69) is 20.7 Å². The fourth-order valence-electron chi connectivity index (χ4n) is 1.47. The molecular formula is C11H8BrClFNO2S2. The molecule has 0 saturated carbocycles. The lowest BCUT2D eigenvalue weighted by Gasteiger charge is -2.09. The van der Waals surface area contributed by atoms with Crippen molar-refractivity contribution in [2.45, 2.75) is 11.8 Å². The molecule has 0 radical (unpaired) electrons. The van der Waals surface area contributed by atoms with Crippen molar-refractivity contribution in [1.82, 2.24) is 0 Å². The lowest BCUT2D eigenvalue weighted by molar-refractivity contribution is 0.601. The molecule has 2 aromatic rings. The van der Waals surface area contributed by atoms with Crippen LogP contribution < -0.4 is 4.72 Å². The highest BCUT2D eigenvalue weighted by Crippen LogP contribution is 2.32. The third-order valence-electron chi connectivity index (χ3n) is 2.31. The number of hydrogen-bond donors (Lipinski definition) is 1. The van der Waals surface area contributed by atoms with Gasteiger partial charge in [-0.25, -0.2) is 12.8 Å². The molecule has 0 aliphatic carbocycles. The van der Waals surface area contributed by atoms with Gasteiger partial charge in [-0.3, -0.25) is 4.72 Å². The molecule has 0 aliphatic rings. The quantitative estimate of drug-likeness (QED) is 0.852. The van der Waals surface area contributed by atoms with Crippen molar-refractivity contribution in [2.24, 2.45) is 0 Å². The number of thiophene rings is 1. The fourth-order valence-corrected chi connectivity index (χ4v) is 5.24. The maximum atomic E-state index is 12.9. The van der Waals surface area contributed by atoms with E-state index in [1.54, 1.807) is 6.92 Å². The minimum absolute atomic E-state index is 0.00974. The summed E-state index contributed by atoms with van der Waals surface area (Å²) in [6.45, 7) is 1.70. The largest absolute Gasteiger partial charge is 0.278 e. The molecule has 1 aromatic heterocycles. The number of aryl methyl sites for hydroxylation is 1. The first-order chi connectivity index (χ1) is 8.79. The second kappa shape index (κ2) is 5.40. The van der Waals surface area contributed by atoms with Crippen molar-refractivity contribution in [1.29, 1.82) is 0 Å². The Kier molecular flexibility index (Phi) is 4.20. The number of hydrogen-bond acceptors (Lipinski definition) is 3. The molecule has 1 aromatic carbocycles. The topological polar surface area (TPSA) is 46.2 Å². The van der Waals surface area contributed by atoms with Crippen LogP contribution in [-0.2, 0) is 10.0 Å². The van der Waals surface area contributed by atoms with Gasteiger partial charge in [0, 0.05) is 4.88 Å². The minimum atomic E-state index is -3.73. The molecule has 0 fully saturated rings. The molecule has 102 valence electrons. The molecule has 1 heterocycles. The van der Waals surface area contributed by atoms with Crippen LogP contribution in [0.3, 0.4) is 0 Å². The van der Waals surface area contributed by atoms with Gasteiger partial charge in [0.15, 0.2) is 0 Å². The highest BCUT2D eigenvalue weighted by atomic mass is 79.9. The zero-order valence-electron chi connectivity index (χ0n) is 9.58. The van der Waals surface area contributed by atoms with Crippen LogP contribution in [0.25, 0.3) is 0 Å². The second-order valence-electron chi connectivity index (χ2n) is 3.70. The predicted octanol–water partition coefficient (Wildman–Crippen LogP) is 4.41. The van der Waals surface area contributed by atoms with E-state index in [4.69, 9.17) is 11.6 Å². The Morgan fingerprint density at radius 3 is 2.58 bits per heavy atom. The van der Waals surface area contributed by atoms with Crippen molar-refractivity contribution in [2.75, 3.05) is 4.72 Å². The first-order valence-electron chi connectivity index (χ1n) is 5.03. The van der Waals surface area contributed by atoms with Crippen LogP contribution in [0.1, 0.15) is 4.88 Å². The van der Waals surface area contributed by atoms with Crippen LogP contribution >= 0.6 is 38.9 Å². The standard InChI is InChI=1S/C11H8BrClFNO2S2/c1-6-10(5-11(12)18-6)19(16,17)15-9-3-2-7(14)4-8(9)13/h2-5,15H,1H3. The predicted molar refractivity (Wildman–Crippen MR) is 79.0 cm³/mol. The summed E-state index contributed by atoms with van der Waals surface area (Å²) in [5, 5.41) is 0.00974. The van der Waals surface area contributed by atoms with Gasteiger partial charge in [0.1, 0.15) is 10.7 Å². The maximum absolute atomic E-state index is 12.9. The van der Waals surface area contributed by atoms with Crippen LogP contribution in [0.15, 0.2) is 32.9 Å². The molecule has 0 aliphatic heterocycles. The van der Waals surface area contributed by atoms with E-state index in [0.717, 1.165) is 15.9 Å². The van der Waals surface area contributed by atoms with Crippen molar-refractivity contribution < 1.29 is 12.8 Å². The lowest BCUT2D eigenvalue weighted by Crippen LogP contribution is -2.13. The molecule has 2 rings (SSSR count). The maximum Gasteiger partial charge on any atom is 0.263 e. The van der Waals surface area contributed by atoms with Crippen LogP contribution in [0.5, 0.6) is 0 Å². The van der Waals surface area contributed by atoms with Crippen molar-refractivity contribution >= 4 is 54.6 Å². The Bertz CT molecular complexity index is 730. The molecule has 0 amide bonds. The van der Waals surface area contributed by atoms with E-state index in [0.29, 0.717) is 4.88 Å². The molecule has 8 heteroatoms. The monoisotopic (exact) mass is 383 g/mol. The highest BCUT2D eigenvalue weighted by molar-refractivity contribution is 9.11. The van der Waals surface area contributed by atoms with Gasteiger partial charge < -0.3 is 0 Å². The number of halogens is 3. The Balaban J connectivity index is 2.39. The molecule has 0 bridgehead atoms. The SMILES string of the molecule is Cc1sc(Br)cc1S(=O)(=O)Nc1ccc(F)cc1Cl. The molecule has 19 heavy (non-hydrogen) atoms. The molecule has 1 N–H and O–H groups in total. The summed E-state index contributed by atoms with van der Waals surface area (Å²) in [6, 6.07) is 4.99. The summed E-state index contributed by atoms with van der Waals surface area (Å²) in [7, 11) is -3.73. The van der Waals surface area contributed by atoms with Gasteiger partial charge in [0.05, 0.1) is 14.5 Å². The van der Waals surface area contributed by atoms with Gasteiger partial charge >= 0.3 is 0 Å². The van der Waals surface area contributed by atoms with E-state index < -0.39 is 15.8 Å². The van der Waals surface area contributed by atoms with Crippen molar-refractivity contribution in [3.05, 3.63) is 43.8 Å². The normalized spacial score (nSPS) is 11.6. The summed E-state index contributed by atoms with van der Waals surface area (Å²) in [5.41, 5.74) is 0.143. The summed E-state index contributed by atoms with van der Waals surface area (Å²) in [6.07, 6.45) is 0. The number of sulfonamides is 1. The molecule has 0 spiro atoms. The number of nitrogens with one attached hydrogen (secondary N) is 1. The molecule has 0 atom stereocenters. The summed E-state index contributed by atoms with van der Waals surface area (Å²) < 4.78 is 40.4. The first kappa shape index (κ1) is 14.8. The highest BCUT2D eigenvalue weighted by Gasteiger charge is 2.20. The Morgan fingerprint density at radius 1 is 1.37 bits per heavy atom. The van der Waals surface area contributed by atoms with Crippen molar-refractivity contribution in [3.8, 4) is 0 Å². The lowest BCUT2D eigenvalue weighted by atomic mass is 10.3. The zero-order valence-corrected chi connectivity index (χ0v) is 13.6. The smallest absolute Gasteiger partial charge is 0.263 e. The number of anilines is 1. The summed E-state index contributed by atoms with van der Waals surface area (Å²) in [5.74, 6) is -0.526. The molecule has 0 unspecified atom stereocenters. The third-order valence-corrected chi connectivity index (χ3v) is 5.79. The van der Waals surface area contributed by atoms with E-state index in [9.17, 15) is 12.8 Å². The fraction of sp³-hybridized carbons (Fsp3) is 0.0909. The molecular weight excluding hydrogens is 377 g/mol. The van der Waals surface area contributed by atoms with Gasteiger partial charge in [-0.2, -0.15) is 0 Å². The van der Waals surface area contributed by atoms with Crippen molar-refractivity contribution in [3.63, 3.8) is 0 Å². The second-order valence-corrected chi connectivity index (χ2v) is 8.39. The first-order valence-corrected chi connectivity index (χ1v) is 8.50. The molecule has 3 nitrogen and oxygen atoms in total. The van der Waals surface area contributed by atoms with Gasteiger partial charge in [-0.15, -0.1) is 11.3 Å². The van der Waals surface area contributed by atoms with E-state index in [1.807, 2.05) is 0 Å². The number of rotatable bonds is 3. The Labute approximate surface area is 127 Å². The van der Waals surface area contributed by atoms with Gasteiger partial charge in [0.25, 0.3) is 10.0 Å². The average molecular weight is 385 g/mol. The molecule has 0 saturated heterocycles. The summed E-state index contributed by atoms with van der Waals surface area (Å²) >= 11 is 10.3. The van der Waals surface area contributed by atoms with Crippen LogP contribution in [0, 0.1) is 12.7 Å². The van der Waals surface area contributed by atoms with Gasteiger partial charge in [-0.1, -0.05) is 11.6 Å². The minimum Gasteiger partial charge on any atom is -0.278 e. The van der Waals surface area contributed by atoms with Crippen LogP contribution in [0.2, 0.25) is 5.02 Å². The third kappa shape index (κ3) is 3.28. The summed E-state index contributed by atoms with van der Waals surface area (Å²) in [4.78, 5) is 0.822. The van der Waals surface area contributed by atoms with E-state index >= 15 is 0 Å². The van der Waals surface area contributed by atoms with E-state index in [1.165, 1.54) is 23.5 Å². The number of benzene rings is 1. The van der Waals surface area contributed by atoms with Gasteiger partial charge in [0.2, 0.25) is 0 Å². The van der Waals surface area contributed by atoms with E-state index in [-0.39, 0.29) is 15.6 Å². The zero-order chi connectivity index (χ0) is 14.2. The van der Waals surface area contributed by atoms with Gasteiger partial charge in [-0.05, 0) is 47.1 Å².